The monoisotopic (exact) mass is 254 g/mol. The highest BCUT2D eigenvalue weighted by molar-refractivity contribution is 4.93. The summed E-state index contributed by atoms with van der Waals surface area (Å²) in [5.74, 6) is 3.20. The highest BCUT2D eigenvalue weighted by atomic mass is 14.5. The molecule has 0 bridgehead atoms. The van der Waals surface area contributed by atoms with Gasteiger partial charge in [-0.25, -0.2) is 0 Å². The first-order valence-corrected chi connectivity index (χ1v) is 7.98. The molecule has 0 amide bonds. The van der Waals surface area contributed by atoms with E-state index in [1.807, 2.05) is 0 Å². The fraction of sp³-hybridized carbons (Fsp3) is 1.00. The lowest BCUT2D eigenvalue weighted by atomic mass is 9.54. The quantitative estimate of drug-likeness (QED) is 0.514. The second kappa shape index (κ2) is 6.44. The van der Waals surface area contributed by atoms with Gasteiger partial charge in [-0.2, -0.15) is 0 Å². The normalized spacial score (nSPS) is 21.5. The van der Waals surface area contributed by atoms with Gasteiger partial charge in [-0.1, -0.05) is 75.7 Å². The Morgan fingerprint density at radius 3 is 1.50 bits per heavy atom. The van der Waals surface area contributed by atoms with Crippen molar-refractivity contribution in [3.8, 4) is 0 Å². The Hall–Kier alpha value is 0. The summed E-state index contributed by atoms with van der Waals surface area (Å²) in [6.07, 6.45) is 2.67. The van der Waals surface area contributed by atoms with E-state index in [4.69, 9.17) is 0 Å². The molecule has 0 aliphatic heterocycles. The van der Waals surface area contributed by atoms with Crippen molar-refractivity contribution in [1.29, 1.82) is 0 Å². The van der Waals surface area contributed by atoms with Crippen LogP contribution in [-0.2, 0) is 0 Å². The molecule has 4 atom stereocenters. The Kier molecular flexibility index (Phi) is 6.44. The largest absolute Gasteiger partial charge is 0.0651 e. The summed E-state index contributed by atoms with van der Waals surface area (Å²) in [6.45, 7) is 24.2. The minimum atomic E-state index is 0.371. The Labute approximate surface area is 117 Å². The van der Waals surface area contributed by atoms with Crippen LogP contribution in [-0.4, -0.2) is 0 Å². The van der Waals surface area contributed by atoms with E-state index in [0.29, 0.717) is 10.8 Å². The molecule has 0 aromatic carbocycles. The molecule has 0 aromatic rings. The molecule has 0 radical (unpaired) electrons. The first-order chi connectivity index (χ1) is 7.98. The van der Waals surface area contributed by atoms with Gasteiger partial charge >= 0.3 is 0 Å². The predicted octanol–water partition coefficient (Wildman–Crippen LogP) is 6.40. The van der Waals surface area contributed by atoms with E-state index >= 15 is 0 Å². The van der Waals surface area contributed by atoms with Crippen molar-refractivity contribution in [3.63, 3.8) is 0 Å². The summed E-state index contributed by atoms with van der Waals surface area (Å²) in [4.78, 5) is 0. The van der Waals surface area contributed by atoms with E-state index < -0.39 is 0 Å². The van der Waals surface area contributed by atoms with Crippen LogP contribution in [0.15, 0.2) is 0 Å². The molecule has 18 heavy (non-hydrogen) atoms. The van der Waals surface area contributed by atoms with Crippen LogP contribution < -0.4 is 0 Å². The van der Waals surface area contributed by atoms with E-state index in [0.717, 1.165) is 23.7 Å². The van der Waals surface area contributed by atoms with Gasteiger partial charge in [0.05, 0.1) is 0 Å². The summed E-state index contributed by atoms with van der Waals surface area (Å²) in [5, 5.41) is 0. The van der Waals surface area contributed by atoms with Crippen molar-refractivity contribution in [3.05, 3.63) is 0 Å². The summed E-state index contributed by atoms with van der Waals surface area (Å²) < 4.78 is 0. The van der Waals surface area contributed by atoms with E-state index in [9.17, 15) is 0 Å². The Morgan fingerprint density at radius 1 is 0.778 bits per heavy atom. The van der Waals surface area contributed by atoms with Gasteiger partial charge in [0.15, 0.2) is 0 Å². The maximum Gasteiger partial charge on any atom is -0.0228 e. The zero-order chi connectivity index (χ0) is 14.7. The van der Waals surface area contributed by atoms with Gasteiger partial charge in [0.1, 0.15) is 0 Å². The van der Waals surface area contributed by atoms with Crippen molar-refractivity contribution in [2.75, 3.05) is 0 Å². The van der Waals surface area contributed by atoms with Gasteiger partial charge in [0.25, 0.3) is 0 Å². The molecule has 0 heterocycles. The van der Waals surface area contributed by atoms with E-state index in [2.05, 4.69) is 69.2 Å². The summed E-state index contributed by atoms with van der Waals surface area (Å²) in [5.41, 5.74) is 0.782. The second-order valence-corrected chi connectivity index (χ2v) is 8.19. The maximum absolute atomic E-state index is 2.51. The molecule has 0 N–H and O–H groups in total. The molecular weight excluding hydrogens is 216 g/mol. The number of rotatable bonds is 6. The van der Waals surface area contributed by atoms with Crippen molar-refractivity contribution in [1.82, 2.24) is 0 Å². The van der Waals surface area contributed by atoms with Gasteiger partial charge < -0.3 is 0 Å². The van der Waals surface area contributed by atoms with Crippen molar-refractivity contribution in [2.24, 2.45) is 34.5 Å². The van der Waals surface area contributed by atoms with Crippen molar-refractivity contribution >= 4 is 0 Å². The molecule has 0 aliphatic rings. The molecule has 0 saturated carbocycles. The van der Waals surface area contributed by atoms with Gasteiger partial charge in [0, 0.05) is 0 Å². The van der Waals surface area contributed by atoms with Crippen LogP contribution in [0.1, 0.15) is 82.1 Å². The average molecular weight is 255 g/mol. The minimum Gasteiger partial charge on any atom is -0.0651 e. The average Bonchev–Trinajstić information content (AvgIpc) is 2.24. The summed E-state index contributed by atoms with van der Waals surface area (Å²) >= 11 is 0. The fourth-order valence-corrected chi connectivity index (χ4v) is 3.61. The van der Waals surface area contributed by atoms with Gasteiger partial charge in [0.2, 0.25) is 0 Å². The molecule has 0 fully saturated rings. The van der Waals surface area contributed by atoms with Crippen LogP contribution in [0.5, 0.6) is 0 Å². The molecule has 0 aromatic heterocycles. The lowest BCUT2D eigenvalue weighted by Gasteiger charge is -2.51. The molecule has 0 heteroatoms. The fourth-order valence-electron chi connectivity index (χ4n) is 3.61. The first-order valence-electron chi connectivity index (χ1n) is 7.98. The van der Waals surface area contributed by atoms with Crippen LogP contribution in [0, 0.1) is 34.5 Å². The Balaban J connectivity index is 4.96. The molecule has 0 nitrogen and oxygen atoms in total. The lowest BCUT2D eigenvalue weighted by Crippen LogP contribution is -2.43. The van der Waals surface area contributed by atoms with Crippen molar-refractivity contribution < 1.29 is 0 Å². The van der Waals surface area contributed by atoms with E-state index in [-0.39, 0.29) is 0 Å². The molecule has 0 aliphatic carbocycles. The highest BCUT2D eigenvalue weighted by Crippen LogP contribution is 2.52. The minimum absolute atomic E-state index is 0.371. The predicted molar refractivity (Wildman–Crippen MR) is 84.8 cm³/mol. The van der Waals surface area contributed by atoms with Gasteiger partial charge in [-0.3, -0.25) is 0 Å². The standard InChI is InChI=1S/C18H38/c1-11-14(4)15(5)12-16(6)18(10,13(2)3)17(7,8)9/h13-16H,11-12H2,1-10H3. The lowest BCUT2D eigenvalue weighted by molar-refractivity contribution is -0.0185. The summed E-state index contributed by atoms with van der Waals surface area (Å²) in [6, 6.07) is 0. The van der Waals surface area contributed by atoms with Crippen LogP contribution >= 0.6 is 0 Å². The Bertz CT molecular complexity index is 233. The topological polar surface area (TPSA) is 0 Å². The first kappa shape index (κ1) is 18.0. The SMILES string of the molecule is CCC(C)C(C)CC(C)C(C)(C(C)C)C(C)(C)C. The zero-order valence-electron chi connectivity index (χ0n) is 14.7. The number of hydrogen-bond acceptors (Lipinski definition) is 0. The molecular formula is C18H38. The molecule has 0 rings (SSSR count). The van der Waals surface area contributed by atoms with Crippen LogP contribution in [0.2, 0.25) is 0 Å². The highest BCUT2D eigenvalue weighted by Gasteiger charge is 2.44. The van der Waals surface area contributed by atoms with Crippen LogP contribution in [0.3, 0.4) is 0 Å². The van der Waals surface area contributed by atoms with Gasteiger partial charge in [-0.15, -0.1) is 0 Å². The third-order valence-electron chi connectivity index (χ3n) is 6.18. The molecule has 110 valence electrons. The molecule has 4 unspecified atom stereocenters. The third kappa shape index (κ3) is 3.75. The van der Waals surface area contributed by atoms with Crippen LogP contribution in [0.25, 0.3) is 0 Å². The third-order valence-corrected chi connectivity index (χ3v) is 6.18. The second-order valence-electron chi connectivity index (χ2n) is 8.19. The summed E-state index contributed by atoms with van der Waals surface area (Å²) in [7, 11) is 0. The zero-order valence-corrected chi connectivity index (χ0v) is 14.7. The van der Waals surface area contributed by atoms with E-state index in [1.54, 1.807) is 0 Å². The smallest absolute Gasteiger partial charge is 0.0228 e. The maximum atomic E-state index is 2.51. The van der Waals surface area contributed by atoms with Crippen molar-refractivity contribution in [2.45, 2.75) is 82.1 Å². The molecule has 0 saturated heterocycles. The Morgan fingerprint density at radius 2 is 1.22 bits per heavy atom. The molecule has 0 spiro atoms. The van der Waals surface area contributed by atoms with Gasteiger partial charge in [-0.05, 0) is 40.9 Å². The van der Waals surface area contributed by atoms with Crippen LogP contribution in [0.4, 0.5) is 0 Å². The van der Waals surface area contributed by atoms with E-state index in [1.165, 1.54) is 12.8 Å². The number of hydrogen-bond donors (Lipinski definition) is 0.